The monoisotopic (exact) mass is 387 g/mol. The average molecular weight is 388 g/mol. The summed E-state index contributed by atoms with van der Waals surface area (Å²) in [6.07, 6.45) is 3.69. The summed E-state index contributed by atoms with van der Waals surface area (Å²) in [6, 6.07) is 17.4. The van der Waals surface area contributed by atoms with Crippen LogP contribution in [-0.2, 0) is 6.42 Å². The number of rotatable bonds is 3. The van der Waals surface area contributed by atoms with Crippen LogP contribution >= 0.6 is 11.6 Å². The van der Waals surface area contributed by atoms with Gasteiger partial charge in [-0.25, -0.2) is 4.98 Å². The van der Waals surface area contributed by atoms with Crippen molar-refractivity contribution < 1.29 is 4.79 Å². The summed E-state index contributed by atoms with van der Waals surface area (Å²) < 4.78 is 0. The lowest BCUT2D eigenvalue weighted by molar-refractivity contribution is 0.0813. The number of nitrogens with zero attached hydrogens (tertiary/aromatic N) is 3. The number of pyridine rings is 1. The second-order valence-corrected chi connectivity index (χ2v) is 7.31. The zero-order valence-electron chi connectivity index (χ0n) is 15.4. The smallest absolute Gasteiger partial charge is 0.255 e. The van der Waals surface area contributed by atoms with Gasteiger partial charge in [-0.05, 0) is 53.8 Å². The summed E-state index contributed by atoms with van der Waals surface area (Å²) in [7, 11) is 1.66. The van der Waals surface area contributed by atoms with Gasteiger partial charge in [0.05, 0.1) is 22.8 Å². The van der Waals surface area contributed by atoms with Gasteiger partial charge in [-0.1, -0.05) is 41.9 Å². The summed E-state index contributed by atoms with van der Waals surface area (Å²) in [5.74, 6) is -0.135. The maximum Gasteiger partial charge on any atom is 0.255 e. The Balaban J connectivity index is 1.88. The van der Waals surface area contributed by atoms with E-state index in [4.69, 9.17) is 21.8 Å². The van der Waals surface area contributed by atoms with Crippen molar-refractivity contribution in [2.45, 2.75) is 12.8 Å². The first-order valence-corrected chi connectivity index (χ1v) is 9.47. The van der Waals surface area contributed by atoms with Crippen molar-refractivity contribution in [1.82, 2.24) is 9.88 Å². The summed E-state index contributed by atoms with van der Waals surface area (Å²) in [4.78, 5) is 19.5. The van der Waals surface area contributed by atoms with Crippen LogP contribution < -0.4 is 0 Å². The Morgan fingerprint density at radius 2 is 1.96 bits per heavy atom. The Hall–Kier alpha value is -3.16. The molecule has 3 aromatic rings. The minimum atomic E-state index is -0.135. The molecule has 0 atom stereocenters. The summed E-state index contributed by atoms with van der Waals surface area (Å²) in [5.41, 5.74) is 5.46. The molecule has 0 spiro atoms. The van der Waals surface area contributed by atoms with E-state index >= 15 is 0 Å². The van der Waals surface area contributed by atoms with E-state index in [1.165, 1.54) is 4.90 Å². The first kappa shape index (κ1) is 18.2. The first-order chi connectivity index (χ1) is 13.6. The normalized spacial score (nSPS) is 14.1. The third-order valence-electron chi connectivity index (χ3n) is 5.02. The van der Waals surface area contributed by atoms with Crippen LogP contribution in [0.5, 0.6) is 0 Å². The van der Waals surface area contributed by atoms with Crippen LogP contribution in [0, 0.1) is 11.3 Å². The van der Waals surface area contributed by atoms with E-state index in [2.05, 4.69) is 6.08 Å². The molecule has 0 N–H and O–H groups in total. The van der Waals surface area contributed by atoms with Gasteiger partial charge in [0.1, 0.15) is 6.54 Å². The molecule has 0 fully saturated rings. The van der Waals surface area contributed by atoms with Gasteiger partial charge in [-0.3, -0.25) is 4.79 Å². The number of hydrogen-bond acceptors (Lipinski definition) is 3. The highest BCUT2D eigenvalue weighted by Crippen LogP contribution is 2.38. The molecule has 138 valence electrons. The molecule has 4 rings (SSSR count). The molecule has 5 heteroatoms. The predicted molar refractivity (Wildman–Crippen MR) is 112 cm³/mol. The topological polar surface area (TPSA) is 57.0 Å². The summed E-state index contributed by atoms with van der Waals surface area (Å²) in [6.45, 7) is 0.0533. The van der Waals surface area contributed by atoms with Gasteiger partial charge >= 0.3 is 0 Å². The molecule has 1 aromatic heterocycles. The number of amides is 1. The van der Waals surface area contributed by atoms with E-state index in [9.17, 15) is 4.79 Å². The second-order valence-electron chi connectivity index (χ2n) is 6.87. The van der Waals surface area contributed by atoms with Gasteiger partial charge in [0.15, 0.2) is 0 Å². The number of halogens is 1. The third-order valence-corrected chi connectivity index (χ3v) is 5.27. The molecular weight excluding hydrogens is 370 g/mol. The highest BCUT2D eigenvalue weighted by molar-refractivity contribution is 6.30. The number of benzene rings is 2. The second kappa shape index (κ2) is 7.46. The first-order valence-electron chi connectivity index (χ1n) is 9.09. The zero-order chi connectivity index (χ0) is 19.7. The number of para-hydroxylation sites is 1. The molecule has 4 nitrogen and oxygen atoms in total. The summed E-state index contributed by atoms with van der Waals surface area (Å²) in [5, 5.41) is 10.5. The van der Waals surface area contributed by atoms with Crippen LogP contribution in [0.1, 0.15) is 33.6 Å². The molecule has 0 saturated carbocycles. The minimum absolute atomic E-state index is 0.0533. The van der Waals surface area contributed by atoms with E-state index in [1.807, 2.05) is 54.6 Å². The number of hydrogen-bond donors (Lipinski definition) is 0. The Morgan fingerprint density at radius 3 is 2.71 bits per heavy atom. The van der Waals surface area contributed by atoms with Crippen molar-refractivity contribution >= 4 is 40.1 Å². The molecule has 1 aliphatic rings. The van der Waals surface area contributed by atoms with E-state index < -0.39 is 0 Å². The molecule has 0 bridgehead atoms. The average Bonchev–Trinajstić information content (AvgIpc) is 3.09. The lowest BCUT2D eigenvalue weighted by Gasteiger charge is -2.17. The number of carbonyl (C=O) groups excluding carboxylic acids is 1. The van der Waals surface area contributed by atoms with Gasteiger partial charge in [0.25, 0.3) is 5.91 Å². The van der Waals surface area contributed by atoms with Crippen molar-refractivity contribution in [2.24, 2.45) is 0 Å². The van der Waals surface area contributed by atoms with Crippen molar-refractivity contribution in [3.63, 3.8) is 0 Å². The van der Waals surface area contributed by atoms with Crippen molar-refractivity contribution in [3.05, 3.63) is 75.9 Å². The van der Waals surface area contributed by atoms with Crippen LogP contribution in [0.15, 0.2) is 48.5 Å². The van der Waals surface area contributed by atoms with E-state index in [0.29, 0.717) is 10.6 Å². The van der Waals surface area contributed by atoms with Gasteiger partial charge in [0.2, 0.25) is 0 Å². The van der Waals surface area contributed by atoms with Crippen molar-refractivity contribution in [3.8, 4) is 6.07 Å². The molecule has 1 heterocycles. The zero-order valence-corrected chi connectivity index (χ0v) is 16.2. The van der Waals surface area contributed by atoms with Crippen molar-refractivity contribution in [2.75, 3.05) is 13.6 Å². The number of carbonyl (C=O) groups is 1. The van der Waals surface area contributed by atoms with Crippen LogP contribution in [-0.4, -0.2) is 29.4 Å². The fraction of sp³-hybridized carbons (Fsp3) is 0.174. The fourth-order valence-electron chi connectivity index (χ4n) is 3.65. The molecule has 1 amide bonds. The molecule has 2 aromatic carbocycles. The van der Waals surface area contributed by atoms with Crippen LogP contribution in [0.4, 0.5) is 0 Å². The van der Waals surface area contributed by atoms with E-state index in [0.717, 1.165) is 46.1 Å². The Morgan fingerprint density at radius 1 is 1.21 bits per heavy atom. The number of allylic oxidation sites excluding steroid dienone is 1. The maximum atomic E-state index is 13.1. The Kier molecular flexibility index (Phi) is 4.85. The summed E-state index contributed by atoms with van der Waals surface area (Å²) >= 11 is 5.99. The Labute approximate surface area is 168 Å². The predicted octanol–water partition coefficient (Wildman–Crippen LogP) is 4.97. The molecule has 0 saturated heterocycles. The van der Waals surface area contributed by atoms with Crippen LogP contribution in [0.25, 0.3) is 22.6 Å². The molecule has 0 aliphatic heterocycles. The van der Waals surface area contributed by atoms with Gasteiger partial charge < -0.3 is 4.90 Å². The maximum absolute atomic E-state index is 13.1. The number of aromatic nitrogens is 1. The number of nitriles is 1. The number of fused-ring (bicyclic) bond motifs is 2. The lowest BCUT2D eigenvalue weighted by atomic mass is 9.99. The standard InChI is InChI=1S/C23H18ClN3O/c1-27(13-12-25)23(28)21-18-4-2-3-5-20(18)26-22-16(8-11-19(21)22)14-15-6-9-17(24)10-7-15/h2-7,9-10,14H,8,11,13H2,1H3/b16-14-. The fourth-order valence-corrected chi connectivity index (χ4v) is 3.78. The van der Waals surface area contributed by atoms with Gasteiger partial charge in [-0.15, -0.1) is 0 Å². The lowest BCUT2D eigenvalue weighted by Crippen LogP contribution is -2.28. The Bertz CT molecular complexity index is 1140. The third kappa shape index (κ3) is 3.26. The van der Waals surface area contributed by atoms with Crippen LogP contribution in [0.3, 0.4) is 0 Å². The van der Waals surface area contributed by atoms with Gasteiger partial charge in [0, 0.05) is 17.5 Å². The molecular formula is C23H18ClN3O. The minimum Gasteiger partial charge on any atom is -0.328 e. The van der Waals surface area contributed by atoms with Crippen molar-refractivity contribution in [1.29, 1.82) is 5.26 Å². The highest BCUT2D eigenvalue weighted by atomic mass is 35.5. The van der Waals surface area contributed by atoms with Gasteiger partial charge in [-0.2, -0.15) is 5.26 Å². The molecule has 0 radical (unpaired) electrons. The molecule has 1 aliphatic carbocycles. The SMILES string of the molecule is CN(CC#N)C(=O)c1c2c(nc3ccccc13)/C(=C\c1ccc(Cl)cc1)CC2. The largest absolute Gasteiger partial charge is 0.328 e. The van der Waals surface area contributed by atoms with E-state index in [1.54, 1.807) is 7.05 Å². The van der Waals surface area contributed by atoms with E-state index in [-0.39, 0.29) is 12.5 Å². The molecule has 0 unspecified atom stereocenters. The molecule has 28 heavy (non-hydrogen) atoms. The quantitative estimate of drug-likeness (QED) is 0.596. The van der Waals surface area contributed by atoms with Crippen LogP contribution in [0.2, 0.25) is 5.02 Å². The highest BCUT2D eigenvalue weighted by Gasteiger charge is 2.28.